The number of aromatic hydroxyl groups is 1. The van der Waals surface area contributed by atoms with Gasteiger partial charge in [0, 0.05) is 18.2 Å². The standard InChI is InChI=1S/C17H19N5OS/c1-10-14(13-5-4-11-6-8-24-16(11)15(13)23)21-22-17(19-10)20-12-3-2-7-18-9-12/h4-6,8,12,18,23H,2-3,7,9H2,1H3,(H,19,20,22)/t12-/m1/s1. The summed E-state index contributed by atoms with van der Waals surface area (Å²) in [6.07, 6.45) is 2.25. The number of benzene rings is 1. The van der Waals surface area contributed by atoms with E-state index in [9.17, 15) is 5.11 Å². The Morgan fingerprint density at radius 3 is 3.00 bits per heavy atom. The van der Waals surface area contributed by atoms with Crippen LogP contribution in [0.4, 0.5) is 5.95 Å². The number of anilines is 1. The van der Waals surface area contributed by atoms with Crippen LogP contribution in [0.1, 0.15) is 18.5 Å². The van der Waals surface area contributed by atoms with E-state index in [1.807, 2.05) is 30.5 Å². The average molecular weight is 341 g/mol. The molecule has 1 aliphatic rings. The minimum Gasteiger partial charge on any atom is -0.506 e. The third-order valence-corrected chi connectivity index (χ3v) is 5.28. The van der Waals surface area contributed by atoms with Gasteiger partial charge < -0.3 is 15.7 Å². The molecule has 6 nitrogen and oxygen atoms in total. The highest BCUT2D eigenvalue weighted by molar-refractivity contribution is 7.17. The first-order valence-corrected chi connectivity index (χ1v) is 8.98. The van der Waals surface area contributed by atoms with Crippen molar-refractivity contribution in [3.8, 4) is 17.0 Å². The Bertz CT molecular complexity index is 873. The van der Waals surface area contributed by atoms with E-state index in [0.29, 0.717) is 23.2 Å². The number of hydrogen-bond donors (Lipinski definition) is 3. The number of piperidine rings is 1. The van der Waals surface area contributed by atoms with Gasteiger partial charge in [0.05, 0.1) is 10.4 Å². The number of hydrogen-bond acceptors (Lipinski definition) is 7. The Morgan fingerprint density at radius 2 is 2.21 bits per heavy atom. The van der Waals surface area contributed by atoms with Gasteiger partial charge in [-0.3, -0.25) is 0 Å². The lowest BCUT2D eigenvalue weighted by molar-refractivity contribution is 0.477. The number of fused-ring (bicyclic) bond motifs is 1. The van der Waals surface area contributed by atoms with Crippen LogP contribution < -0.4 is 10.6 Å². The molecule has 1 fully saturated rings. The van der Waals surface area contributed by atoms with Crippen LogP contribution in [0.3, 0.4) is 0 Å². The van der Waals surface area contributed by atoms with Crippen LogP contribution in [0.2, 0.25) is 0 Å². The maximum Gasteiger partial charge on any atom is 0.243 e. The van der Waals surface area contributed by atoms with E-state index in [-0.39, 0.29) is 5.75 Å². The van der Waals surface area contributed by atoms with Crippen molar-refractivity contribution in [2.45, 2.75) is 25.8 Å². The normalized spacial score (nSPS) is 18.0. The number of aryl methyl sites for hydroxylation is 1. The molecule has 3 N–H and O–H groups in total. The zero-order chi connectivity index (χ0) is 16.5. The summed E-state index contributed by atoms with van der Waals surface area (Å²) in [6.45, 7) is 3.88. The largest absolute Gasteiger partial charge is 0.506 e. The topological polar surface area (TPSA) is 83.0 Å². The molecule has 0 unspecified atom stereocenters. The molecule has 0 radical (unpaired) electrons. The van der Waals surface area contributed by atoms with E-state index in [0.717, 1.165) is 41.7 Å². The summed E-state index contributed by atoms with van der Waals surface area (Å²) >= 11 is 1.52. The van der Waals surface area contributed by atoms with Crippen molar-refractivity contribution in [3.63, 3.8) is 0 Å². The molecule has 0 amide bonds. The fourth-order valence-electron chi connectivity index (χ4n) is 3.08. The molecule has 0 bridgehead atoms. The molecular weight excluding hydrogens is 322 g/mol. The summed E-state index contributed by atoms with van der Waals surface area (Å²) in [4.78, 5) is 4.53. The van der Waals surface area contributed by atoms with Crippen molar-refractivity contribution in [1.82, 2.24) is 20.5 Å². The van der Waals surface area contributed by atoms with E-state index in [1.165, 1.54) is 11.3 Å². The third kappa shape index (κ3) is 2.81. The first-order valence-electron chi connectivity index (χ1n) is 8.10. The molecule has 3 heterocycles. The lowest BCUT2D eigenvalue weighted by Gasteiger charge is -2.23. The first-order chi connectivity index (χ1) is 11.7. The Labute approximate surface area is 144 Å². The number of phenols is 1. The molecule has 2 aromatic heterocycles. The van der Waals surface area contributed by atoms with Crippen molar-refractivity contribution in [2.24, 2.45) is 0 Å². The lowest BCUT2D eigenvalue weighted by Crippen LogP contribution is -2.38. The molecule has 1 saturated heterocycles. The van der Waals surface area contributed by atoms with Gasteiger partial charge in [-0.05, 0) is 49.2 Å². The zero-order valence-corrected chi connectivity index (χ0v) is 14.2. The van der Waals surface area contributed by atoms with Crippen LogP contribution in [0.15, 0.2) is 23.6 Å². The fourth-order valence-corrected chi connectivity index (χ4v) is 3.92. The highest BCUT2D eigenvalue weighted by Gasteiger charge is 2.17. The Morgan fingerprint density at radius 1 is 1.29 bits per heavy atom. The first kappa shape index (κ1) is 15.3. The Balaban J connectivity index is 1.64. The van der Waals surface area contributed by atoms with Crippen LogP contribution in [0, 0.1) is 6.92 Å². The highest BCUT2D eigenvalue weighted by atomic mass is 32.1. The van der Waals surface area contributed by atoms with Crippen molar-refractivity contribution < 1.29 is 5.11 Å². The SMILES string of the molecule is Cc1nc(N[C@@H]2CCCNC2)nnc1-c1ccc2ccsc2c1O. The van der Waals surface area contributed by atoms with E-state index >= 15 is 0 Å². The quantitative estimate of drug-likeness (QED) is 0.679. The molecule has 0 aliphatic carbocycles. The molecule has 4 rings (SSSR count). The zero-order valence-electron chi connectivity index (χ0n) is 13.4. The van der Waals surface area contributed by atoms with Crippen molar-refractivity contribution >= 4 is 27.4 Å². The van der Waals surface area contributed by atoms with Gasteiger partial charge in [0.15, 0.2) is 0 Å². The van der Waals surface area contributed by atoms with E-state index in [1.54, 1.807) is 0 Å². The predicted octanol–water partition coefficient (Wildman–Crippen LogP) is 2.93. The minimum atomic E-state index is 0.249. The number of phenolic OH excluding ortho intramolecular Hbond substituents is 1. The molecule has 0 spiro atoms. The summed E-state index contributed by atoms with van der Waals surface area (Å²) < 4.78 is 0.865. The predicted molar refractivity (Wildman–Crippen MR) is 96.6 cm³/mol. The summed E-state index contributed by atoms with van der Waals surface area (Å²) in [5.74, 6) is 0.792. The second-order valence-corrected chi connectivity index (χ2v) is 6.97. The van der Waals surface area contributed by atoms with Gasteiger partial charge in [0.1, 0.15) is 11.4 Å². The second kappa shape index (κ2) is 6.33. The Hall–Kier alpha value is -2.25. The molecule has 7 heteroatoms. The van der Waals surface area contributed by atoms with Gasteiger partial charge in [-0.2, -0.15) is 0 Å². The molecule has 0 saturated carbocycles. The summed E-state index contributed by atoms with van der Waals surface area (Å²) in [7, 11) is 0. The maximum atomic E-state index is 10.5. The number of thiophene rings is 1. The molecule has 124 valence electrons. The van der Waals surface area contributed by atoms with Gasteiger partial charge in [-0.15, -0.1) is 21.5 Å². The van der Waals surface area contributed by atoms with Crippen LogP contribution in [-0.4, -0.2) is 39.4 Å². The summed E-state index contributed by atoms with van der Waals surface area (Å²) in [5, 5.41) is 28.8. The van der Waals surface area contributed by atoms with Crippen molar-refractivity contribution in [2.75, 3.05) is 18.4 Å². The molecule has 1 aliphatic heterocycles. The number of nitrogens with one attached hydrogen (secondary N) is 2. The van der Waals surface area contributed by atoms with Gasteiger partial charge in [0.2, 0.25) is 5.95 Å². The summed E-state index contributed by atoms with van der Waals surface area (Å²) in [5.41, 5.74) is 2.05. The number of aromatic nitrogens is 3. The Kier molecular flexibility index (Phi) is 4.03. The summed E-state index contributed by atoms with van der Waals surface area (Å²) in [6, 6.07) is 6.19. The average Bonchev–Trinajstić information content (AvgIpc) is 3.07. The molecule has 3 aromatic rings. The van der Waals surface area contributed by atoms with Crippen LogP contribution in [-0.2, 0) is 0 Å². The molecule has 1 atom stereocenters. The van der Waals surface area contributed by atoms with Gasteiger partial charge in [-0.25, -0.2) is 4.98 Å². The minimum absolute atomic E-state index is 0.249. The van der Waals surface area contributed by atoms with E-state index in [4.69, 9.17) is 0 Å². The van der Waals surface area contributed by atoms with Gasteiger partial charge in [0.25, 0.3) is 0 Å². The van der Waals surface area contributed by atoms with Gasteiger partial charge in [-0.1, -0.05) is 6.07 Å². The number of nitrogens with zero attached hydrogens (tertiary/aromatic N) is 3. The highest BCUT2D eigenvalue weighted by Crippen LogP contribution is 2.38. The fraction of sp³-hybridized carbons (Fsp3) is 0.353. The lowest BCUT2D eigenvalue weighted by atomic mass is 10.1. The van der Waals surface area contributed by atoms with Crippen LogP contribution >= 0.6 is 11.3 Å². The van der Waals surface area contributed by atoms with E-state index < -0.39 is 0 Å². The monoisotopic (exact) mass is 341 g/mol. The van der Waals surface area contributed by atoms with Gasteiger partial charge >= 0.3 is 0 Å². The molecule has 1 aromatic carbocycles. The third-order valence-electron chi connectivity index (χ3n) is 4.34. The maximum absolute atomic E-state index is 10.5. The van der Waals surface area contributed by atoms with E-state index in [2.05, 4.69) is 25.8 Å². The second-order valence-electron chi connectivity index (χ2n) is 6.06. The molecule has 24 heavy (non-hydrogen) atoms. The number of rotatable bonds is 3. The van der Waals surface area contributed by atoms with Crippen LogP contribution in [0.5, 0.6) is 5.75 Å². The van der Waals surface area contributed by atoms with Crippen LogP contribution in [0.25, 0.3) is 21.3 Å². The van der Waals surface area contributed by atoms with Crippen molar-refractivity contribution in [1.29, 1.82) is 0 Å². The smallest absolute Gasteiger partial charge is 0.243 e. The van der Waals surface area contributed by atoms with Crippen molar-refractivity contribution in [3.05, 3.63) is 29.3 Å². The molecular formula is C17H19N5OS.